The zero-order valence-corrected chi connectivity index (χ0v) is 14.7. The maximum Gasteiger partial charge on any atom is 0.224 e. The predicted molar refractivity (Wildman–Crippen MR) is 90.7 cm³/mol. The highest BCUT2D eigenvalue weighted by atomic mass is 16.6. The Morgan fingerprint density at radius 2 is 1.82 bits per heavy atom. The third-order valence-corrected chi connectivity index (χ3v) is 5.82. The van der Waals surface area contributed by atoms with Gasteiger partial charge < -0.3 is 11.5 Å². The molecule has 0 amide bonds. The van der Waals surface area contributed by atoms with Crippen molar-refractivity contribution in [2.75, 3.05) is 6.54 Å². The van der Waals surface area contributed by atoms with Crippen molar-refractivity contribution >= 4 is 6.72 Å². The predicted octanol–water partition coefficient (Wildman–Crippen LogP) is 2.37. The van der Waals surface area contributed by atoms with Gasteiger partial charge in [-0.1, -0.05) is 13.8 Å². The van der Waals surface area contributed by atoms with Crippen molar-refractivity contribution in [2.45, 2.75) is 76.9 Å². The molecule has 0 aromatic rings. The summed E-state index contributed by atoms with van der Waals surface area (Å²) in [4.78, 5) is 16.0. The lowest BCUT2D eigenvalue weighted by Gasteiger charge is -2.51. The lowest BCUT2D eigenvalue weighted by molar-refractivity contribution is -0.583. The van der Waals surface area contributed by atoms with Gasteiger partial charge in [-0.3, -0.25) is 15.1 Å². The molecule has 0 aromatic heterocycles. The summed E-state index contributed by atoms with van der Waals surface area (Å²) < 4.78 is 0. The van der Waals surface area contributed by atoms with Crippen LogP contribution < -0.4 is 11.5 Å². The number of hydrogen-bond donors (Lipinski definition) is 2. The summed E-state index contributed by atoms with van der Waals surface area (Å²) in [7, 11) is 0. The minimum absolute atomic E-state index is 0.144. The first-order valence-corrected chi connectivity index (χ1v) is 7.96. The Balaban J connectivity index is 3.43. The van der Waals surface area contributed by atoms with E-state index in [1.54, 1.807) is 6.92 Å². The second-order valence-corrected chi connectivity index (χ2v) is 8.37. The van der Waals surface area contributed by atoms with Gasteiger partial charge in [0, 0.05) is 29.7 Å². The van der Waals surface area contributed by atoms with Gasteiger partial charge in [-0.25, -0.2) is 0 Å². The molecule has 22 heavy (non-hydrogen) atoms. The van der Waals surface area contributed by atoms with Crippen molar-refractivity contribution in [3.63, 3.8) is 0 Å². The Morgan fingerprint density at radius 1 is 1.27 bits per heavy atom. The van der Waals surface area contributed by atoms with Crippen LogP contribution in [-0.2, 0) is 0 Å². The Kier molecular flexibility index (Phi) is 5.10. The van der Waals surface area contributed by atoms with Gasteiger partial charge in [0.2, 0.25) is 5.54 Å². The van der Waals surface area contributed by atoms with Crippen molar-refractivity contribution in [1.29, 1.82) is 0 Å². The Morgan fingerprint density at radius 3 is 2.23 bits per heavy atom. The van der Waals surface area contributed by atoms with Gasteiger partial charge in [-0.2, -0.15) is 0 Å². The van der Waals surface area contributed by atoms with E-state index >= 15 is 0 Å². The average Bonchev–Trinajstić information content (AvgIpc) is 2.35. The molecule has 5 atom stereocenters. The molecular weight excluding hydrogens is 280 g/mol. The van der Waals surface area contributed by atoms with E-state index in [1.807, 2.05) is 20.8 Å². The van der Waals surface area contributed by atoms with Crippen LogP contribution in [0.5, 0.6) is 0 Å². The van der Waals surface area contributed by atoms with E-state index in [0.29, 0.717) is 25.8 Å². The molecule has 0 bridgehead atoms. The molecule has 6 heteroatoms. The monoisotopic (exact) mass is 312 g/mol. The molecule has 1 rings (SSSR count). The van der Waals surface area contributed by atoms with Crippen LogP contribution in [-0.4, -0.2) is 34.8 Å². The Bertz CT molecular complexity index is 453. The highest BCUT2D eigenvalue weighted by Gasteiger charge is 2.58. The molecule has 1 saturated carbocycles. The maximum absolute atomic E-state index is 11.9. The third kappa shape index (κ3) is 3.49. The van der Waals surface area contributed by atoms with E-state index in [4.69, 9.17) is 11.5 Å². The number of hydrogen-bond acceptors (Lipinski definition) is 5. The highest BCUT2D eigenvalue weighted by molar-refractivity contribution is 5.27. The molecule has 4 N–H and O–H groups in total. The summed E-state index contributed by atoms with van der Waals surface area (Å²) in [6, 6.07) is 0. The fourth-order valence-corrected chi connectivity index (χ4v) is 4.71. The number of aliphatic imine (C=N–C) groups is 1. The van der Waals surface area contributed by atoms with Crippen molar-refractivity contribution < 1.29 is 4.92 Å². The van der Waals surface area contributed by atoms with Crippen LogP contribution in [0.15, 0.2) is 4.99 Å². The van der Waals surface area contributed by atoms with E-state index in [-0.39, 0.29) is 16.3 Å². The van der Waals surface area contributed by atoms with Crippen molar-refractivity contribution in [2.24, 2.45) is 27.8 Å². The quantitative estimate of drug-likeness (QED) is 0.472. The normalized spacial score (nSPS) is 46.6. The Hall–Kier alpha value is -1.01. The van der Waals surface area contributed by atoms with Crippen LogP contribution in [0.1, 0.15) is 60.3 Å². The molecule has 0 radical (unpaired) electrons. The third-order valence-electron chi connectivity index (χ3n) is 5.82. The summed E-state index contributed by atoms with van der Waals surface area (Å²) in [5.41, 5.74) is 9.93. The molecule has 0 spiro atoms. The van der Waals surface area contributed by atoms with Gasteiger partial charge in [-0.05, 0) is 51.8 Å². The van der Waals surface area contributed by atoms with Crippen LogP contribution >= 0.6 is 0 Å². The summed E-state index contributed by atoms with van der Waals surface area (Å²) in [6.45, 7) is 13.9. The molecular formula is C16H32N4O2. The smallest absolute Gasteiger partial charge is 0.224 e. The first-order valence-electron chi connectivity index (χ1n) is 7.96. The van der Waals surface area contributed by atoms with Gasteiger partial charge >= 0.3 is 0 Å². The van der Waals surface area contributed by atoms with E-state index in [9.17, 15) is 10.1 Å². The zero-order chi connectivity index (χ0) is 17.4. The average molecular weight is 312 g/mol. The van der Waals surface area contributed by atoms with E-state index in [2.05, 4.69) is 18.6 Å². The minimum atomic E-state index is -1.07. The van der Waals surface area contributed by atoms with Crippen LogP contribution in [0.3, 0.4) is 0 Å². The van der Waals surface area contributed by atoms with Gasteiger partial charge in [0.05, 0.1) is 5.54 Å². The minimum Gasteiger partial charge on any atom is -0.330 e. The highest BCUT2D eigenvalue weighted by Crippen LogP contribution is 2.51. The van der Waals surface area contributed by atoms with Gasteiger partial charge in [0.1, 0.15) is 0 Å². The fraction of sp³-hybridized carbons (Fsp3) is 0.938. The second-order valence-electron chi connectivity index (χ2n) is 8.37. The molecule has 0 aliphatic heterocycles. The van der Waals surface area contributed by atoms with E-state index < -0.39 is 16.6 Å². The molecule has 0 heterocycles. The van der Waals surface area contributed by atoms with Crippen molar-refractivity contribution in [3.05, 3.63) is 10.1 Å². The number of nitrogens with zero attached hydrogens (tertiary/aromatic N) is 2. The first kappa shape index (κ1) is 19.0. The number of nitrogens with two attached hydrogens (primary N) is 2. The maximum atomic E-state index is 11.9. The van der Waals surface area contributed by atoms with Gasteiger partial charge in [0.15, 0.2) is 0 Å². The molecule has 1 aliphatic rings. The molecule has 128 valence electrons. The molecule has 1 fully saturated rings. The standard InChI is InChI=1S/C16H32N4O2/c1-12-13(2,7-8-17)9-14(3,18)10-15(4,19-6)11-16(12,5)20(21)22/h12H,6-11,17-18H2,1-5H3. The zero-order valence-electron chi connectivity index (χ0n) is 14.7. The van der Waals surface area contributed by atoms with Crippen LogP contribution in [0, 0.1) is 21.4 Å². The second kappa shape index (κ2) is 5.89. The van der Waals surface area contributed by atoms with Crippen molar-refractivity contribution in [1.82, 2.24) is 0 Å². The lowest BCUT2D eigenvalue weighted by atomic mass is 9.56. The van der Waals surface area contributed by atoms with Gasteiger partial charge in [-0.15, -0.1) is 0 Å². The van der Waals surface area contributed by atoms with Crippen LogP contribution in [0.2, 0.25) is 0 Å². The largest absolute Gasteiger partial charge is 0.330 e. The van der Waals surface area contributed by atoms with Gasteiger partial charge in [0.25, 0.3) is 0 Å². The van der Waals surface area contributed by atoms with E-state index in [0.717, 1.165) is 6.42 Å². The molecule has 6 nitrogen and oxygen atoms in total. The summed E-state index contributed by atoms with van der Waals surface area (Å²) in [5.74, 6) is -0.164. The van der Waals surface area contributed by atoms with Crippen LogP contribution in [0.4, 0.5) is 0 Å². The number of rotatable bonds is 4. The van der Waals surface area contributed by atoms with Crippen LogP contribution in [0.25, 0.3) is 0 Å². The van der Waals surface area contributed by atoms with Crippen molar-refractivity contribution in [3.8, 4) is 0 Å². The number of nitro groups is 1. The molecule has 0 saturated heterocycles. The topological polar surface area (TPSA) is 108 Å². The summed E-state index contributed by atoms with van der Waals surface area (Å²) >= 11 is 0. The molecule has 1 aliphatic carbocycles. The summed E-state index contributed by atoms with van der Waals surface area (Å²) in [5, 5.41) is 11.9. The first-order chi connectivity index (χ1) is 9.84. The SMILES string of the molecule is C=NC1(C)CC(C)(N)CC(C)(CCN)C(C)C(C)([N+](=O)[O-])C1. The lowest BCUT2D eigenvalue weighted by Crippen LogP contribution is -2.60. The fourth-order valence-electron chi connectivity index (χ4n) is 4.71. The Labute approximate surface area is 133 Å². The summed E-state index contributed by atoms with van der Waals surface area (Å²) in [6.07, 6.45) is 2.33. The molecule has 0 aromatic carbocycles. The molecule has 5 unspecified atom stereocenters. The van der Waals surface area contributed by atoms with E-state index in [1.165, 1.54) is 0 Å².